The molecule has 6 nitrogen and oxygen atoms in total. The molecule has 0 saturated carbocycles. The number of carbonyl (C=O) groups excluding carboxylic acids is 1. The van der Waals surface area contributed by atoms with Gasteiger partial charge in [-0.3, -0.25) is 9.36 Å². The Labute approximate surface area is 69.9 Å². The maximum absolute atomic E-state index is 10.5. The van der Waals surface area contributed by atoms with E-state index in [1.807, 2.05) is 0 Å². The summed E-state index contributed by atoms with van der Waals surface area (Å²) in [5, 5.41) is 0. The lowest BCUT2D eigenvalue weighted by atomic mass is 10.5. The SMILES string of the molecule is CCC(=O)OCC(N)P(=O)(O)O. The molecule has 0 saturated heterocycles. The first-order valence-corrected chi connectivity index (χ1v) is 5.02. The largest absolute Gasteiger partial charge is 0.463 e. The number of hydrogen-bond donors (Lipinski definition) is 3. The molecule has 72 valence electrons. The third-order valence-corrected chi connectivity index (χ3v) is 2.15. The Kier molecular flexibility index (Phi) is 4.41. The summed E-state index contributed by atoms with van der Waals surface area (Å²) >= 11 is 0. The van der Waals surface area contributed by atoms with Gasteiger partial charge in [-0.25, -0.2) is 0 Å². The number of ether oxygens (including phenoxy) is 1. The lowest BCUT2D eigenvalue weighted by Crippen LogP contribution is -2.27. The Morgan fingerprint density at radius 3 is 2.50 bits per heavy atom. The zero-order chi connectivity index (χ0) is 9.78. The van der Waals surface area contributed by atoms with Crippen LogP contribution in [0.15, 0.2) is 0 Å². The van der Waals surface area contributed by atoms with E-state index in [2.05, 4.69) is 4.74 Å². The van der Waals surface area contributed by atoms with Gasteiger partial charge in [-0.1, -0.05) is 6.92 Å². The molecule has 7 heteroatoms. The Morgan fingerprint density at radius 1 is 1.67 bits per heavy atom. The van der Waals surface area contributed by atoms with E-state index >= 15 is 0 Å². The van der Waals surface area contributed by atoms with Crippen LogP contribution in [0.3, 0.4) is 0 Å². The number of hydrogen-bond acceptors (Lipinski definition) is 4. The van der Waals surface area contributed by atoms with Crippen molar-refractivity contribution in [3.8, 4) is 0 Å². The van der Waals surface area contributed by atoms with Gasteiger partial charge < -0.3 is 20.3 Å². The van der Waals surface area contributed by atoms with Gasteiger partial charge in [0, 0.05) is 6.42 Å². The number of nitrogens with two attached hydrogens (primary N) is 1. The van der Waals surface area contributed by atoms with E-state index in [4.69, 9.17) is 15.5 Å². The van der Waals surface area contributed by atoms with Gasteiger partial charge in [-0.2, -0.15) is 0 Å². The van der Waals surface area contributed by atoms with Crippen LogP contribution in [0.5, 0.6) is 0 Å². The highest BCUT2D eigenvalue weighted by atomic mass is 31.2. The molecule has 0 aromatic heterocycles. The molecule has 0 aliphatic heterocycles. The van der Waals surface area contributed by atoms with E-state index in [-0.39, 0.29) is 6.42 Å². The third-order valence-electron chi connectivity index (χ3n) is 1.14. The van der Waals surface area contributed by atoms with E-state index < -0.39 is 26.0 Å². The van der Waals surface area contributed by atoms with Crippen LogP contribution in [0.1, 0.15) is 13.3 Å². The summed E-state index contributed by atoms with van der Waals surface area (Å²) in [6.07, 6.45) is 0.161. The Bertz CT molecular complexity index is 200. The fourth-order valence-corrected chi connectivity index (χ4v) is 0.646. The molecule has 0 aliphatic rings. The number of esters is 1. The highest BCUT2D eigenvalue weighted by Gasteiger charge is 2.25. The van der Waals surface area contributed by atoms with Crippen molar-refractivity contribution in [2.24, 2.45) is 5.73 Å². The van der Waals surface area contributed by atoms with Crippen LogP contribution in [0.2, 0.25) is 0 Å². The van der Waals surface area contributed by atoms with Crippen LogP contribution in [0, 0.1) is 0 Å². The van der Waals surface area contributed by atoms with Gasteiger partial charge in [-0.05, 0) is 0 Å². The van der Waals surface area contributed by atoms with Crippen LogP contribution in [0.25, 0.3) is 0 Å². The summed E-state index contributed by atoms with van der Waals surface area (Å²) in [5.74, 6) is -1.95. The van der Waals surface area contributed by atoms with Gasteiger partial charge in [-0.15, -0.1) is 0 Å². The van der Waals surface area contributed by atoms with Gasteiger partial charge in [0.25, 0.3) is 0 Å². The van der Waals surface area contributed by atoms with Crippen molar-refractivity contribution in [3.05, 3.63) is 0 Å². The standard InChI is InChI=1S/C5H12NO5P/c1-2-5(7)11-3-4(6)12(8,9)10/h4H,2-3,6H2,1H3,(H2,8,9,10). The predicted octanol–water partition coefficient (Wildman–Crippen LogP) is -0.598. The van der Waals surface area contributed by atoms with Crippen LogP contribution in [-0.2, 0) is 14.1 Å². The summed E-state index contributed by atoms with van der Waals surface area (Å²) in [7, 11) is -4.32. The number of rotatable bonds is 4. The minimum atomic E-state index is -4.32. The Balaban J connectivity index is 3.80. The van der Waals surface area contributed by atoms with E-state index in [0.29, 0.717) is 0 Å². The monoisotopic (exact) mass is 197 g/mol. The molecular weight excluding hydrogens is 185 g/mol. The van der Waals surface area contributed by atoms with Crippen molar-refractivity contribution in [1.82, 2.24) is 0 Å². The highest BCUT2D eigenvalue weighted by molar-refractivity contribution is 7.52. The highest BCUT2D eigenvalue weighted by Crippen LogP contribution is 2.37. The molecule has 4 N–H and O–H groups in total. The second-order valence-electron chi connectivity index (χ2n) is 2.19. The fraction of sp³-hybridized carbons (Fsp3) is 0.800. The maximum atomic E-state index is 10.5. The van der Waals surface area contributed by atoms with Gasteiger partial charge in [0.1, 0.15) is 12.4 Å². The topological polar surface area (TPSA) is 110 Å². The van der Waals surface area contributed by atoms with E-state index in [1.54, 1.807) is 6.92 Å². The molecule has 0 bridgehead atoms. The fourth-order valence-electron chi connectivity index (χ4n) is 0.377. The second kappa shape index (κ2) is 4.57. The second-order valence-corrected chi connectivity index (χ2v) is 4.03. The minimum absolute atomic E-state index is 0.161. The first kappa shape index (κ1) is 11.6. The Morgan fingerprint density at radius 2 is 2.17 bits per heavy atom. The van der Waals surface area contributed by atoms with Crippen LogP contribution >= 0.6 is 7.60 Å². The number of carbonyl (C=O) groups is 1. The summed E-state index contributed by atoms with van der Waals surface area (Å²) in [6, 6.07) is 0. The van der Waals surface area contributed by atoms with Gasteiger partial charge in [0.05, 0.1) is 0 Å². The summed E-state index contributed by atoms with van der Waals surface area (Å²) in [4.78, 5) is 27.4. The van der Waals surface area contributed by atoms with Crippen LogP contribution in [0.4, 0.5) is 0 Å². The average molecular weight is 197 g/mol. The molecule has 0 rings (SSSR count). The molecule has 1 atom stereocenters. The van der Waals surface area contributed by atoms with Crippen molar-refractivity contribution in [2.45, 2.75) is 19.1 Å². The summed E-state index contributed by atoms with van der Waals surface area (Å²) in [5.41, 5.74) is 5.01. The third kappa shape index (κ3) is 4.46. The molecule has 0 aliphatic carbocycles. The van der Waals surface area contributed by atoms with Gasteiger partial charge >= 0.3 is 13.6 Å². The van der Waals surface area contributed by atoms with Gasteiger partial charge in [0.15, 0.2) is 0 Å². The maximum Gasteiger partial charge on any atom is 0.345 e. The molecule has 0 aromatic rings. The van der Waals surface area contributed by atoms with Crippen LogP contribution < -0.4 is 5.73 Å². The molecule has 0 aromatic carbocycles. The molecule has 0 heterocycles. The van der Waals surface area contributed by atoms with Crippen molar-refractivity contribution < 1.29 is 23.9 Å². The molecular formula is C5H12NO5P. The first-order chi connectivity index (χ1) is 5.38. The first-order valence-electron chi connectivity index (χ1n) is 3.34. The smallest absolute Gasteiger partial charge is 0.345 e. The van der Waals surface area contributed by atoms with Crippen molar-refractivity contribution in [2.75, 3.05) is 6.61 Å². The molecule has 12 heavy (non-hydrogen) atoms. The lowest BCUT2D eigenvalue weighted by molar-refractivity contribution is -0.143. The van der Waals surface area contributed by atoms with E-state index in [1.165, 1.54) is 0 Å². The quantitative estimate of drug-likeness (QED) is 0.410. The summed E-state index contributed by atoms with van der Waals surface area (Å²) in [6.45, 7) is 1.13. The lowest BCUT2D eigenvalue weighted by Gasteiger charge is -2.12. The molecule has 0 amide bonds. The van der Waals surface area contributed by atoms with Gasteiger partial charge in [0.2, 0.25) is 0 Å². The molecule has 1 unspecified atom stereocenters. The zero-order valence-electron chi connectivity index (χ0n) is 6.64. The molecule has 0 fully saturated rings. The summed E-state index contributed by atoms with van der Waals surface area (Å²) < 4.78 is 14.8. The molecule has 0 spiro atoms. The van der Waals surface area contributed by atoms with Crippen LogP contribution in [-0.4, -0.2) is 28.1 Å². The normalized spacial score (nSPS) is 14.0. The van der Waals surface area contributed by atoms with Crippen molar-refractivity contribution >= 4 is 13.6 Å². The molecule has 0 radical (unpaired) electrons. The van der Waals surface area contributed by atoms with Crippen molar-refractivity contribution in [1.29, 1.82) is 0 Å². The average Bonchev–Trinajstić information content (AvgIpc) is 1.97. The Hall–Kier alpha value is -0.420. The zero-order valence-corrected chi connectivity index (χ0v) is 7.53. The minimum Gasteiger partial charge on any atom is -0.463 e. The van der Waals surface area contributed by atoms with Crippen molar-refractivity contribution in [3.63, 3.8) is 0 Å². The van der Waals surface area contributed by atoms with E-state index in [0.717, 1.165) is 0 Å². The predicted molar refractivity (Wildman–Crippen MR) is 41.3 cm³/mol. The van der Waals surface area contributed by atoms with E-state index in [9.17, 15) is 9.36 Å².